The summed E-state index contributed by atoms with van der Waals surface area (Å²) < 4.78 is 33.7. The molecule has 0 fully saturated rings. The van der Waals surface area contributed by atoms with Crippen molar-refractivity contribution in [2.75, 3.05) is 0 Å². The summed E-state index contributed by atoms with van der Waals surface area (Å²) in [6, 6.07) is 4.17. The fraction of sp³-hybridized carbons (Fsp3) is 0.125. The van der Waals surface area contributed by atoms with Gasteiger partial charge in [0.2, 0.25) is 0 Å². The first-order valence-electron chi connectivity index (χ1n) is 3.86. The first kappa shape index (κ1) is 12.7. The number of rotatable bonds is 1. The van der Waals surface area contributed by atoms with Crippen molar-refractivity contribution < 1.29 is 42.5 Å². The summed E-state index contributed by atoms with van der Waals surface area (Å²) in [5, 5.41) is 4.74. The molecule has 0 amide bonds. The molecule has 2 rings (SSSR count). The molecule has 0 radical (unpaired) electrons. The van der Waals surface area contributed by atoms with Crippen molar-refractivity contribution in [3.8, 4) is 0 Å². The molecule has 1 aromatic heterocycles. The number of hydrogen-bond acceptors (Lipinski definition) is 4. The number of aryl methyl sites for hydroxylation is 1. The molecule has 5 nitrogen and oxygen atoms in total. The van der Waals surface area contributed by atoms with Gasteiger partial charge in [0.1, 0.15) is 10.1 Å². The Bertz CT molecular complexity index is 591. The normalized spacial score (nSPS) is 11.3. The molecule has 7 heteroatoms. The molecular formula is C8H7N2NaO3S. The second kappa shape index (κ2) is 4.23. The van der Waals surface area contributed by atoms with Crippen LogP contribution in [0, 0.1) is 0 Å². The predicted molar refractivity (Wildman–Crippen MR) is 48.7 cm³/mol. The Morgan fingerprint density at radius 3 is 2.67 bits per heavy atom. The number of hydrogen-bond donors (Lipinski definition) is 0. The molecule has 0 saturated heterocycles. The van der Waals surface area contributed by atoms with E-state index in [4.69, 9.17) is 0 Å². The molecule has 74 valence electrons. The molecule has 0 saturated carbocycles. The van der Waals surface area contributed by atoms with Crippen LogP contribution in [0.5, 0.6) is 0 Å². The quantitative estimate of drug-likeness (QED) is 0.403. The zero-order valence-corrected chi connectivity index (χ0v) is 11.2. The Hall–Kier alpha value is -0.400. The third-order valence-electron chi connectivity index (χ3n) is 2.01. The summed E-state index contributed by atoms with van der Waals surface area (Å²) in [5.41, 5.74) is 0.627. The van der Waals surface area contributed by atoms with E-state index in [0.29, 0.717) is 5.52 Å². The van der Waals surface area contributed by atoms with Crippen molar-refractivity contribution in [1.82, 2.24) is 9.78 Å². The molecule has 2 aromatic rings. The maximum Gasteiger partial charge on any atom is 1.00 e. The zero-order valence-electron chi connectivity index (χ0n) is 8.34. The van der Waals surface area contributed by atoms with E-state index in [1.807, 2.05) is 0 Å². The van der Waals surface area contributed by atoms with E-state index < -0.39 is 10.1 Å². The second-order valence-corrected chi connectivity index (χ2v) is 4.32. The third-order valence-corrected chi connectivity index (χ3v) is 2.84. The number of nitrogens with zero attached hydrogens (tertiary/aromatic N) is 2. The van der Waals surface area contributed by atoms with Gasteiger partial charge in [-0.15, -0.1) is 0 Å². The first-order valence-corrected chi connectivity index (χ1v) is 5.27. The standard InChI is InChI=1S/C8H8N2O3S.Na/c1-10-8-4-7(14(11,12)13)3-2-6(8)5-9-10;/h2-5H,1H3,(H,11,12,13);/q;+1/p-1. The minimum absolute atomic E-state index is 0. The van der Waals surface area contributed by atoms with Gasteiger partial charge in [0.15, 0.2) is 0 Å². The summed E-state index contributed by atoms with van der Waals surface area (Å²) in [5.74, 6) is 0. The van der Waals surface area contributed by atoms with Gasteiger partial charge < -0.3 is 4.55 Å². The molecule has 0 aliphatic rings. The molecule has 1 heterocycles. The van der Waals surface area contributed by atoms with Crippen LogP contribution in [0.2, 0.25) is 0 Å². The Kier molecular flexibility index (Phi) is 3.57. The average Bonchev–Trinajstić information content (AvgIpc) is 2.46. The van der Waals surface area contributed by atoms with Crippen LogP contribution in [0.1, 0.15) is 0 Å². The summed E-state index contributed by atoms with van der Waals surface area (Å²) in [6.07, 6.45) is 1.61. The first-order chi connectivity index (χ1) is 6.48. The van der Waals surface area contributed by atoms with E-state index in [1.54, 1.807) is 19.3 Å². The summed E-state index contributed by atoms with van der Waals surface area (Å²) >= 11 is 0. The predicted octanol–water partition coefficient (Wildman–Crippen LogP) is -2.52. The van der Waals surface area contributed by atoms with E-state index in [1.165, 1.54) is 16.8 Å². The van der Waals surface area contributed by atoms with Crippen molar-refractivity contribution in [2.45, 2.75) is 4.90 Å². The number of aromatic nitrogens is 2. The summed E-state index contributed by atoms with van der Waals surface area (Å²) in [4.78, 5) is -0.228. The van der Waals surface area contributed by atoms with Crippen molar-refractivity contribution >= 4 is 21.0 Å². The zero-order chi connectivity index (χ0) is 10.3. The largest absolute Gasteiger partial charge is 1.00 e. The van der Waals surface area contributed by atoms with E-state index in [0.717, 1.165) is 5.39 Å². The van der Waals surface area contributed by atoms with Gasteiger partial charge in [-0.1, -0.05) is 0 Å². The average molecular weight is 234 g/mol. The van der Waals surface area contributed by atoms with Crippen LogP contribution in [0.4, 0.5) is 0 Å². The summed E-state index contributed by atoms with van der Waals surface area (Å²) in [7, 11) is -2.70. The molecule has 1 aromatic carbocycles. The van der Waals surface area contributed by atoms with Crippen molar-refractivity contribution in [2.24, 2.45) is 7.05 Å². The van der Waals surface area contributed by atoms with Gasteiger partial charge in [-0.3, -0.25) is 4.68 Å². The van der Waals surface area contributed by atoms with E-state index in [9.17, 15) is 13.0 Å². The monoisotopic (exact) mass is 234 g/mol. The third kappa shape index (κ3) is 2.40. The molecule has 0 spiro atoms. The molecular weight excluding hydrogens is 227 g/mol. The van der Waals surface area contributed by atoms with Crippen LogP contribution in [0.15, 0.2) is 29.3 Å². The molecule has 0 aliphatic heterocycles. The minimum Gasteiger partial charge on any atom is -0.744 e. The van der Waals surface area contributed by atoms with Crippen LogP contribution >= 0.6 is 0 Å². The van der Waals surface area contributed by atoms with Crippen LogP contribution in [0.25, 0.3) is 10.9 Å². The Labute approximate surface area is 109 Å². The van der Waals surface area contributed by atoms with E-state index in [-0.39, 0.29) is 34.5 Å². The second-order valence-electron chi connectivity index (χ2n) is 2.94. The van der Waals surface area contributed by atoms with Crippen molar-refractivity contribution in [3.05, 3.63) is 24.4 Å². The molecule has 0 bridgehead atoms. The van der Waals surface area contributed by atoms with Crippen molar-refractivity contribution in [3.63, 3.8) is 0 Å². The van der Waals surface area contributed by atoms with Gasteiger partial charge >= 0.3 is 29.6 Å². The van der Waals surface area contributed by atoms with Gasteiger partial charge in [0, 0.05) is 12.4 Å². The molecule has 0 atom stereocenters. The fourth-order valence-corrected chi connectivity index (χ4v) is 1.77. The summed E-state index contributed by atoms with van der Waals surface area (Å²) in [6.45, 7) is 0. The van der Waals surface area contributed by atoms with Crippen LogP contribution in [0.3, 0.4) is 0 Å². The Morgan fingerprint density at radius 1 is 1.40 bits per heavy atom. The van der Waals surface area contributed by atoms with E-state index in [2.05, 4.69) is 5.10 Å². The Morgan fingerprint density at radius 2 is 2.07 bits per heavy atom. The molecule has 0 N–H and O–H groups in total. The Balaban J connectivity index is 0.00000112. The van der Waals surface area contributed by atoms with Crippen LogP contribution < -0.4 is 29.6 Å². The molecule has 0 aliphatic carbocycles. The molecule has 15 heavy (non-hydrogen) atoms. The van der Waals surface area contributed by atoms with Crippen LogP contribution in [-0.4, -0.2) is 22.8 Å². The fourth-order valence-electron chi connectivity index (χ4n) is 1.28. The number of fused-ring (bicyclic) bond motifs is 1. The molecule has 0 unspecified atom stereocenters. The van der Waals surface area contributed by atoms with Crippen LogP contribution in [-0.2, 0) is 17.2 Å². The van der Waals surface area contributed by atoms with Gasteiger partial charge in [-0.25, -0.2) is 8.42 Å². The van der Waals surface area contributed by atoms with Gasteiger partial charge in [-0.05, 0) is 18.2 Å². The van der Waals surface area contributed by atoms with Gasteiger partial charge in [0.05, 0.1) is 16.6 Å². The minimum atomic E-state index is -4.38. The number of benzene rings is 1. The SMILES string of the molecule is Cn1ncc2ccc(S(=O)(=O)[O-])cc21.[Na+]. The van der Waals surface area contributed by atoms with Gasteiger partial charge in [-0.2, -0.15) is 5.10 Å². The maximum absolute atomic E-state index is 10.7. The van der Waals surface area contributed by atoms with E-state index >= 15 is 0 Å². The smallest absolute Gasteiger partial charge is 0.744 e. The van der Waals surface area contributed by atoms with Crippen molar-refractivity contribution in [1.29, 1.82) is 0 Å². The maximum atomic E-state index is 10.7. The topological polar surface area (TPSA) is 75.0 Å². The van der Waals surface area contributed by atoms with Gasteiger partial charge in [0.25, 0.3) is 0 Å².